The molecule has 0 N–H and O–H groups in total. The molecule has 0 aliphatic carbocycles. The van der Waals surface area contributed by atoms with Gasteiger partial charge in [-0.25, -0.2) is 13.4 Å². The van der Waals surface area contributed by atoms with Crippen LogP contribution in [0.2, 0.25) is 0 Å². The van der Waals surface area contributed by atoms with Crippen LogP contribution in [0.3, 0.4) is 0 Å². The average molecular weight is 429 g/mol. The number of aryl methyl sites for hydroxylation is 1. The quantitative estimate of drug-likeness (QED) is 0.711. The highest BCUT2D eigenvalue weighted by molar-refractivity contribution is 7.89. The third kappa shape index (κ3) is 4.09. The summed E-state index contributed by atoms with van der Waals surface area (Å²) in [4.78, 5) is 13.5. The van der Waals surface area contributed by atoms with Crippen LogP contribution in [0.5, 0.6) is 0 Å². The van der Waals surface area contributed by atoms with Crippen molar-refractivity contribution in [3.8, 4) is 6.07 Å². The van der Waals surface area contributed by atoms with Gasteiger partial charge in [-0.3, -0.25) is 0 Å². The van der Waals surface area contributed by atoms with Gasteiger partial charge in [0.15, 0.2) is 0 Å². The first-order valence-electron chi connectivity index (χ1n) is 9.91. The molecule has 0 saturated carbocycles. The van der Waals surface area contributed by atoms with Crippen LogP contribution in [-0.4, -0.2) is 75.2 Å². The van der Waals surface area contributed by atoms with Crippen LogP contribution >= 0.6 is 0 Å². The third-order valence-corrected chi connectivity index (χ3v) is 7.27. The normalized spacial score (nSPS) is 18.3. The van der Waals surface area contributed by atoms with Gasteiger partial charge < -0.3 is 14.5 Å². The monoisotopic (exact) mass is 428 g/mol. The molecule has 0 radical (unpaired) electrons. The van der Waals surface area contributed by atoms with E-state index < -0.39 is 10.0 Å². The van der Waals surface area contributed by atoms with Crippen molar-refractivity contribution in [3.05, 3.63) is 41.6 Å². The van der Waals surface area contributed by atoms with Gasteiger partial charge in [-0.2, -0.15) is 14.6 Å². The molecule has 3 heterocycles. The Balaban J connectivity index is 1.50. The number of anilines is 2. The first-order chi connectivity index (χ1) is 14.5. The van der Waals surface area contributed by atoms with Gasteiger partial charge in [0, 0.05) is 51.0 Å². The minimum absolute atomic E-state index is 0.0634. The van der Waals surface area contributed by atoms with Gasteiger partial charge in [0.05, 0.1) is 23.7 Å². The number of nitrogens with zero attached hydrogens (tertiary/aromatic N) is 6. The van der Waals surface area contributed by atoms with Crippen LogP contribution in [0.25, 0.3) is 0 Å². The van der Waals surface area contributed by atoms with Crippen LogP contribution in [0.15, 0.2) is 35.2 Å². The molecule has 2 saturated heterocycles. The zero-order valence-corrected chi connectivity index (χ0v) is 17.7. The lowest BCUT2D eigenvalue weighted by molar-refractivity contribution is 0.122. The topological polar surface area (TPSA) is 103 Å². The molecule has 9 nitrogen and oxygen atoms in total. The first kappa shape index (κ1) is 20.5. The summed E-state index contributed by atoms with van der Waals surface area (Å²) >= 11 is 0. The van der Waals surface area contributed by atoms with Gasteiger partial charge in [0.25, 0.3) is 0 Å². The van der Waals surface area contributed by atoms with E-state index in [-0.39, 0.29) is 10.5 Å². The zero-order chi connectivity index (χ0) is 21.1. The summed E-state index contributed by atoms with van der Waals surface area (Å²) in [5, 5.41) is 9.26. The predicted molar refractivity (Wildman–Crippen MR) is 112 cm³/mol. The minimum atomic E-state index is -3.71. The lowest BCUT2D eigenvalue weighted by atomic mass is 10.2. The molecule has 2 aliphatic rings. The standard InChI is InChI=1S/C20H24N6O3S/c1-16-14-19(23-20(22-16)25-10-12-29-13-11-25)24-6-8-26(9-7-24)30(27,28)18-5-3-2-4-17(18)15-21/h2-5,14H,6-13H2,1H3. The number of nitriles is 1. The van der Waals surface area contributed by atoms with Crippen molar-refractivity contribution >= 4 is 21.8 Å². The number of benzene rings is 1. The van der Waals surface area contributed by atoms with Crippen molar-refractivity contribution in [1.82, 2.24) is 14.3 Å². The van der Waals surface area contributed by atoms with Gasteiger partial charge in [-0.15, -0.1) is 0 Å². The van der Waals surface area contributed by atoms with Gasteiger partial charge in [0.1, 0.15) is 11.9 Å². The number of piperazine rings is 1. The molecule has 158 valence electrons. The molecule has 10 heteroatoms. The van der Waals surface area contributed by atoms with Crippen LogP contribution in [-0.2, 0) is 14.8 Å². The highest BCUT2D eigenvalue weighted by atomic mass is 32.2. The van der Waals surface area contributed by atoms with Gasteiger partial charge >= 0.3 is 0 Å². The zero-order valence-electron chi connectivity index (χ0n) is 16.9. The number of hydrogen-bond donors (Lipinski definition) is 0. The SMILES string of the molecule is Cc1cc(N2CCN(S(=O)(=O)c3ccccc3C#N)CC2)nc(N2CCOCC2)n1. The number of rotatable bonds is 4. The van der Waals surface area contributed by atoms with Gasteiger partial charge in [-0.05, 0) is 19.1 Å². The maximum absolute atomic E-state index is 13.0. The molecule has 0 spiro atoms. The van der Waals surface area contributed by atoms with E-state index >= 15 is 0 Å². The van der Waals surface area contributed by atoms with E-state index in [0.29, 0.717) is 45.3 Å². The molecular weight excluding hydrogens is 404 g/mol. The molecule has 2 aliphatic heterocycles. The second kappa shape index (κ2) is 8.55. The highest BCUT2D eigenvalue weighted by Gasteiger charge is 2.31. The Morgan fingerprint density at radius 2 is 1.70 bits per heavy atom. The molecule has 0 unspecified atom stereocenters. The Hall–Kier alpha value is -2.74. The summed E-state index contributed by atoms with van der Waals surface area (Å²) in [5.74, 6) is 1.49. The Morgan fingerprint density at radius 3 is 2.40 bits per heavy atom. The van der Waals surface area contributed by atoms with Gasteiger partial charge in [-0.1, -0.05) is 12.1 Å². The fraction of sp³-hybridized carbons (Fsp3) is 0.450. The Kier molecular flexibility index (Phi) is 5.85. The van der Waals surface area contributed by atoms with E-state index in [4.69, 9.17) is 9.72 Å². The molecule has 0 atom stereocenters. The first-order valence-corrected chi connectivity index (χ1v) is 11.4. The number of hydrogen-bond acceptors (Lipinski definition) is 8. The fourth-order valence-electron chi connectivity index (χ4n) is 3.68. The molecule has 2 fully saturated rings. The van der Waals surface area contributed by atoms with Crippen molar-refractivity contribution in [3.63, 3.8) is 0 Å². The Labute approximate surface area is 176 Å². The van der Waals surface area contributed by atoms with E-state index in [0.717, 1.165) is 24.6 Å². The third-order valence-electron chi connectivity index (χ3n) is 5.31. The summed E-state index contributed by atoms with van der Waals surface area (Å²) in [6.07, 6.45) is 0. The summed E-state index contributed by atoms with van der Waals surface area (Å²) in [6.45, 7) is 6.48. The van der Waals surface area contributed by atoms with Gasteiger partial charge in [0.2, 0.25) is 16.0 Å². The van der Waals surface area contributed by atoms with Crippen LogP contribution in [0.1, 0.15) is 11.3 Å². The maximum Gasteiger partial charge on any atom is 0.244 e. The van der Waals surface area contributed by atoms with Crippen LogP contribution in [0.4, 0.5) is 11.8 Å². The van der Waals surface area contributed by atoms with Crippen molar-refractivity contribution in [2.75, 3.05) is 62.3 Å². The summed E-state index contributed by atoms with van der Waals surface area (Å²) < 4.78 is 32.9. The second-order valence-corrected chi connectivity index (χ2v) is 9.17. The van der Waals surface area contributed by atoms with E-state index in [1.165, 1.54) is 16.4 Å². The van der Waals surface area contributed by atoms with E-state index in [2.05, 4.69) is 14.8 Å². The number of ether oxygens (including phenoxy) is 1. The number of morpholine rings is 1. The molecule has 0 amide bonds. The fourth-order valence-corrected chi connectivity index (χ4v) is 5.25. The molecule has 30 heavy (non-hydrogen) atoms. The van der Waals surface area contributed by atoms with Crippen molar-refractivity contribution in [1.29, 1.82) is 5.26 Å². The van der Waals surface area contributed by atoms with E-state index in [9.17, 15) is 13.7 Å². The largest absolute Gasteiger partial charge is 0.378 e. The maximum atomic E-state index is 13.0. The summed E-state index contributed by atoms with van der Waals surface area (Å²) in [7, 11) is -3.71. The smallest absolute Gasteiger partial charge is 0.244 e. The average Bonchev–Trinajstić information content (AvgIpc) is 2.79. The molecule has 4 rings (SSSR count). The second-order valence-electron chi connectivity index (χ2n) is 7.27. The lowest BCUT2D eigenvalue weighted by Crippen LogP contribution is -2.49. The Morgan fingerprint density at radius 1 is 1.00 bits per heavy atom. The van der Waals surface area contributed by atoms with Crippen LogP contribution < -0.4 is 9.80 Å². The minimum Gasteiger partial charge on any atom is -0.378 e. The van der Waals surface area contributed by atoms with Crippen molar-refractivity contribution in [2.24, 2.45) is 0 Å². The Bertz CT molecular complexity index is 1050. The van der Waals surface area contributed by atoms with E-state index in [1.54, 1.807) is 12.1 Å². The summed E-state index contributed by atoms with van der Waals surface area (Å²) in [5.41, 5.74) is 1.04. The highest BCUT2D eigenvalue weighted by Crippen LogP contribution is 2.24. The van der Waals surface area contributed by atoms with E-state index in [1.807, 2.05) is 19.1 Å². The van der Waals surface area contributed by atoms with Crippen molar-refractivity contribution in [2.45, 2.75) is 11.8 Å². The molecule has 1 aromatic carbocycles. The lowest BCUT2D eigenvalue weighted by Gasteiger charge is -2.35. The molecule has 1 aromatic heterocycles. The number of sulfonamides is 1. The molecular formula is C20H24N6O3S. The summed E-state index contributed by atoms with van der Waals surface area (Å²) in [6, 6.07) is 10.2. The van der Waals surface area contributed by atoms with Crippen molar-refractivity contribution < 1.29 is 13.2 Å². The predicted octanol–water partition coefficient (Wildman–Crippen LogP) is 1.00. The number of aromatic nitrogens is 2. The molecule has 0 bridgehead atoms. The van der Waals surface area contributed by atoms with Crippen LogP contribution in [0, 0.1) is 18.3 Å². The molecule has 2 aromatic rings.